The number of ether oxygens (including phenoxy) is 1. The Morgan fingerprint density at radius 1 is 0.975 bits per heavy atom. The van der Waals surface area contributed by atoms with Crippen molar-refractivity contribution >= 4 is 39.1 Å². The number of rotatable bonds is 13. The average Bonchev–Trinajstić information content (AvgIpc) is 2.93. The lowest BCUT2D eigenvalue weighted by Gasteiger charge is -2.33. The van der Waals surface area contributed by atoms with Gasteiger partial charge in [0.2, 0.25) is 11.8 Å². The largest absolute Gasteiger partial charge is 0.494 e. The molecule has 0 heterocycles. The number of carbonyl (C=O) groups is 2. The zero-order valence-corrected chi connectivity index (χ0v) is 24.2. The number of carbonyl (C=O) groups excluding carboxylic acids is 2. The molecular formula is C29H33ClFN3O5S. The molecule has 0 fully saturated rings. The molecule has 0 spiro atoms. The number of benzene rings is 3. The smallest absolute Gasteiger partial charge is 0.264 e. The Morgan fingerprint density at radius 2 is 1.62 bits per heavy atom. The van der Waals surface area contributed by atoms with Crippen molar-refractivity contribution in [3.8, 4) is 5.75 Å². The van der Waals surface area contributed by atoms with E-state index in [9.17, 15) is 22.4 Å². The summed E-state index contributed by atoms with van der Waals surface area (Å²) in [4.78, 5) is 28.2. The summed E-state index contributed by atoms with van der Waals surface area (Å²) >= 11 is 6.38. The number of likely N-dealkylation sites (N-methyl/N-ethyl adjacent to an activating group) is 1. The van der Waals surface area contributed by atoms with Crippen LogP contribution < -0.4 is 14.4 Å². The van der Waals surface area contributed by atoms with Gasteiger partial charge in [0.1, 0.15) is 24.2 Å². The lowest BCUT2D eigenvalue weighted by atomic mass is 10.1. The molecule has 214 valence electrons. The molecule has 0 bridgehead atoms. The topological polar surface area (TPSA) is 96.0 Å². The van der Waals surface area contributed by atoms with Crippen molar-refractivity contribution in [3.63, 3.8) is 0 Å². The van der Waals surface area contributed by atoms with E-state index in [0.717, 1.165) is 16.4 Å². The first-order valence-electron chi connectivity index (χ1n) is 12.9. The highest BCUT2D eigenvalue weighted by molar-refractivity contribution is 7.92. The highest BCUT2D eigenvalue weighted by atomic mass is 35.5. The molecule has 1 N–H and O–H groups in total. The summed E-state index contributed by atoms with van der Waals surface area (Å²) in [6, 6.07) is 16.6. The third kappa shape index (κ3) is 7.51. The summed E-state index contributed by atoms with van der Waals surface area (Å²) in [5.41, 5.74) is 0.690. The molecule has 0 saturated carbocycles. The summed E-state index contributed by atoms with van der Waals surface area (Å²) in [5, 5.41) is 3.15. The summed E-state index contributed by atoms with van der Waals surface area (Å²) in [7, 11) is -4.29. The van der Waals surface area contributed by atoms with Crippen molar-refractivity contribution in [1.82, 2.24) is 10.2 Å². The highest BCUT2D eigenvalue weighted by Crippen LogP contribution is 2.27. The maximum Gasteiger partial charge on any atom is 0.264 e. The van der Waals surface area contributed by atoms with Crippen molar-refractivity contribution in [1.29, 1.82) is 0 Å². The second-order valence-electron chi connectivity index (χ2n) is 8.82. The van der Waals surface area contributed by atoms with Gasteiger partial charge < -0.3 is 15.0 Å². The number of amides is 2. The molecule has 8 nitrogen and oxygen atoms in total. The van der Waals surface area contributed by atoms with Crippen LogP contribution in [0.5, 0.6) is 5.75 Å². The van der Waals surface area contributed by atoms with E-state index in [1.807, 2.05) is 6.92 Å². The minimum atomic E-state index is -4.29. The number of sulfonamides is 1. The first-order valence-corrected chi connectivity index (χ1v) is 14.8. The van der Waals surface area contributed by atoms with Crippen LogP contribution in [0.4, 0.5) is 10.1 Å². The predicted molar refractivity (Wildman–Crippen MR) is 153 cm³/mol. The highest BCUT2D eigenvalue weighted by Gasteiger charge is 2.33. The van der Waals surface area contributed by atoms with Gasteiger partial charge in [0.15, 0.2) is 0 Å². The number of hydrogen-bond acceptors (Lipinski definition) is 5. The molecule has 11 heteroatoms. The Balaban J connectivity index is 2.05. The maximum atomic E-state index is 13.9. The number of hydrogen-bond donors (Lipinski definition) is 1. The SMILES string of the molecule is CCNC(=O)C(CC)N(Cc1ccccc1Cl)C(=O)CN(c1ccc(F)cc1)S(=O)(=O)c1ccc(OCC)cc1. The number of halogens is 2. The minimum Gasteiger partial charge on any atom is -0.494 e. The van der Waals surface area contributed by atoms with Crippen LogP contribution in [0.1, 0.15) is 32.8 Å². The van der Waals surface area contributed by atoms with Gasteiger partial charge in [0.25, 0.3) is 10.0 Å². The Morgan fingerprint density at radius 3 is 2.20 bits per heavy atom. The van der Waals surface area contributed by atoms with Crippen LogP contribution in [0.3, 0.4) is 0 Å². The van der Waals surface area contributed by atoms with Gasteiger partial charge in [-0.3, -0.25) is 13.9 Å². The molecular weight excluding hydrogens is 557 g/mol. The molecule has 0 radical (unpaired) electrons. The van der Waals surface area contributed by atoms with E-state index >= 15 is 0 Å². The van der Waals surface area contributed by atoms with Crippen LogP contribution in [-0.4, -0.2) is 50.9 Å². The molecule has 0 saturated heterocycles. The third-order valence-corrected chi connectivity index (χ3v) is 8.31. The molecule has 3 rings (SSSR count). The van der Waals surface area contributed by atoms with Crippen LogP contribution in [0.2, 0.25) is 5.02 Å². The van der Waals surface area contributed by atoms with Crippen molar-refractivity contribution in [2.75, 3.05) is 24.0 Å². The van der Waals surface area contributed by atoms with E-state index in [0.29, 0.717) is 29.5 Å². The van der Waals surface area contributed by atoms with E-state index < -0.39 is 34.3 Å². The van der Waals surface area contributed by atoms with Gasteiger partial charge in [0, 0.05) is 18.1 Å². The lowest BCUT2D eigenvalue weighted by Crippen LogP contribution is -2.52. The van der Waals surface area contributed by atoms with Crippen molar-refractivity contribution < 1.29 is 27.1 Å². The standard InChI is InChI=1S/C29H33ClFN3O5S/c1-4-27(29(36)32-5-2)33(19-21-9-7-8-10-26(21)30)28(35)20-34(23-13-11-22(31)12-14-23)40(37,38)25-17-15-24(16-18-25)39-6-3/h7-18,27H,4-6,19-20H2,1-3H3,(H,32,36). The summed E-state index contributed by atoms with van der Waals surface area (Å²) in [6.07, 6.45) is 0.282. The zero-order chi connectivity index (χ0) is 29.3. The third-order valence-electron chi connectivity index (χ3n) is 6.15. The van der Waals surface area contributed by atoms with E-state index in [2.05, 4.69) is 5.32 Å². The van der Waals surface area contributed by atoms with Crippen LogP contribution in [0, 0.1) is 5.82 Å². The fourth-order valence-corrected chi connectivity index (χ4v) is 5.77. The Bertz CT molecular complexity index is 1400. The molecule has 3 aromatic carbocycles. The molecule has 1 atom stereocenters. The van der Waals surface area contributed by atoms with Crippen molar-refractivity contribution in [2.24, 2.45) is 0 Å². The van der Waals surface area contributed by atoms with E-state index in [-0.39, 0.29) is 29.5 Å². The van der Waals surface area contributed by atoms with Gasteiger partial charge in [-0.1, -0.05) is 36.7 Å². The second-order valence-corrected chi connectivity index (χ2v) is 11.1. The molecule has 0 aliphatic heterocycles. The fourth-order valence-electron chi connectivity index (χ4n) is 4.16. The number of nitrogens with one attached hydrogen (secondary N) is 1. The second kappa shape index (κ2) is 14.1. The molecule has 2 amide bonds. The Labute approximate surface area is 239 Å². The molecule has 3 aromatic rings. The van der Waals surface area contributed by atoms with Gasteiger partial charge in [-0.15, -0.1) is 0 Å². The summed E-state index contributed by atoms with van der Waals surface area (Å²) in [5.74, 6) is -1.06. The first kappa shape index (κ1) is 30.9. The van der Waals surface area contributed by atoms with Crippen molar-refractivity contribution in [2.45, 2.75) is 44.7 Å². The normalized spacial score (nSPS) is 11.9. The monoisotopic (exact) mass is 589 g/mol. The molecule has 40 heavy (non-hydrogen) atoms. The molecule has 1 unspecified atom stereocenters. The van der Waals surface area contributed by atoms with Crippen LogP contribution in [0.25, 0.3) is 0 Å². The molecule has 0 aromatic heterocycles. The Hall–Kier alpha value is -3.63. The van der Waals surface area contributed by atoms with Crippen molar-refractivity contribution in [3.05, 3.63) is 89.2 Å². The van der Waals surface area contributed by atoms with Gasteiger partial charge in [-0.25, -0.2) is 12.8 Å². The van der Waals surface area contributed by atoms with Crippen LogP contribution >= 0.6 is 11.6 Å². The van der Waals surface area contributed by atoms with Gasteiger partial charge in [-0.05, 0) is 80.4 Å². The lowest BCUT2D eigenvalue weighted by molar-refractivity contribution is -0.140. The molecule has 0 aliphatic rings. The Kier molecular flexibility index (Phi) is 10.9. The van der Waals surface area contributed by atoms with E-state index in [4.69, 9.17) is 16.3 Å². The van der Waals surface area contributed by atoms with Crippen LogP contribution in [-0.2, 0) is 26.2 Å². The summed E-state index contributed by atoms with van der Waals surface area (Å²) in [6.45, 7) is 5.46. The predicted octanol–water partition coefficient (Wildman–Crippen LogP) is 5.02. The maximum absolute atomic E-state index is 13.9. The fraction of sp³-hybridized carbons (Fsp3) is 0.310. The zero-order valence-electron chi connectivity index (χ0n) is 22.6. The quantitative estimate of drug-likeness (QED) is 0.302. The average molecular weight is 590 g/mol. The minimum absolute atomic E-state index is 0.0193. The first-order chi connectivity index (χ1) is 19.1. The van der Waals surface area contributed by atoms with Crippen LogP contribution in [0.15, 0.2) is 77.7 Å². The summed E-state index contributed by atoms with van der Waals surface area (Å²) < 4.78 is 47.8. The molecule has 0 aliphatic carbocycles. The number of nitrogens with zero attached hydrogens (tertiary/aromatic N) is 2. The van der Waals surface area contributed by atoms with Gasteiger partial charge in [0.05, 0.1) is 17.2 Å². The van der Waals surface area contributed by atoms with Gasteiger partial charge >= 0.3 is 0 Å². The number of anilines is 1. The van der Waals surface area contributed by atoms with E-state index in [1.54, 1.807) is 38.1 Å². The van der Waals surface area contributed by atoms with E-state index in [1.165, 1.54) is 41.3 Å². The van der Waals surface area contributed by atoms with Gasteiger partial charge in [-0.2, -0.15) is 0 Å².